The van der Waals surface area contributed by atoms with Gasteiger partial charge in [0.05, 0.1) is 18.8 Å². The monoisotopic (exact) mass is 383 g/mol. The fraction of sp³-hybridized carbons (Fsp3) is 0.105. The van der Waals surface area contributed by atoms with Gasteiger partial charge in [-0.15, -0.1) is 5.10 Å². The Morgan fingerprint density at radius 1 is 1.11 bits per heavy atom. The second-order valence-electron chi connectivity index (χ2n) is 5.66. The molecule has 0 atom stereocenters. The van der Waals surface area contributed by atoms with Gasteiger partial charge in [0.25, 0.3) is 5.56 Å². The van der Waals surface area contributed by atoms with Crippen molar-refractivity contribution in [3.8, 4) is 22.9 Å². The van der Waals surface area contributed by atoms with Crippen molar-refractivity contribution in [2.24, 2.45) is 0 Å². The molecule has 0 spiro atoms. The third-order valence-corrected chi connectivity index (χ3v) is 4.97. The highest BCUT2D eigenvalue weighted by molar-refractivity contribution is 7.15. The number of methoxy groups -OCH3 is 2. The molecule has 0 saturated heterocycles. The standard InChI is InChI=1S/C19H14FN3O3S/c1-25-14-7-8-15(26-2)12(9-14)10-16-18(24)23-19(27-16)21-17(22-23)11-3-5-13(20)6-4-11/h3-10H,1-2H3/b16-10+. The molecule has 0 fully saturated rings. The van der Waals surface area contributed by atoms with Crippen LogP contribution in [0.2, 0.25) is 0 Å². The van der Waals surface area contributed by atoms with Gasteiger partial charge in [0.2, 0.25) is 4.96 Å². The van der Waals surface area contributed by atoms with Crippen molar-refractivity contribution in [1.82, 2.24) is 14.6 Å². The fourth-order valence-electron chi connectivity index (χ4n) is 2.65. The molecule has 0 radical (unpaired) electrons. The molecule has 0 bridgehead atoms. The smallest absolute Gasteiger partial charge is 0.291 e. The van der Waals surface area contributed by atoms with Crippen molar-refractivity contribution >= 4 is 22.4 Å². The van der Waals surface area contributed by atoms with Gasteiger partial charge in [-0.05, 0) is 48.5 Å². The highest BCUT2D eigenvalue weighted by atomic mass is 32.1. The summed E-state index contributed by atoms with van der Waals surface area (Å²) in [5.74, 6) is 1.33. The summed E-state index contributed by atoms with van der Waals surface area (Å²) in [7, 11) is 3.14. The predicted molar refractivity (Wildman–Crippen MR) is 101 cm³/mol. The van der Waals surface area contributed by atoms with Crippen LogP contribution in [0.3, 0.4) is 0 Å². The summed E-state index contributed by atoms with van der Waals surface area (Å²) in [6, 6.07) is 11.2. The molecule has 2 aromatic carbocycles. The van der Waals surface area contributed by atoms with Crippen LogP contribution in [-0.4, -0.2) is 28.8 Å². The lowest BCUT2D eigenvalue weighted by Gasteiger charge is -2.06. The van der Waals surface area contributed by atoms with Gasteiger partial charge in [-0.3, -0.25) is 4.79 Å². The number of hydrogen-bond donors (Lipinski definition) is 0. The first-order valence-electron chi connectivity index (χ1n) is 7.98. The third-order valence-electron chi connectivity index (χ3n) is 4.01. The second-order valence-corrected chi connectivity index (χ2v) is 6.67. The van der Waals surface area contributed by atoms with Crippen LogP contribution in [0.5, 0.6) is 11.5 Å². The van der Waals surface area contributed by atoms with Crippen molar-refractivity contribution in [3.05, 3.63) is 68.7 Å². The summed E-state index contributed by atoms with van der Waals surface area (Å²) >= 11 is 1.22. The molecule has 6 nitrogen and oxygen atoms in total. The van der Waals surface area contributed by atoms with Crippen LogP contribution < -0.4 is 19.6 Å². The van der Waals surface area contributed by atoms with Gasteiger partial charge in [-0.25, -0.2) is 4.39 Å². The van der Waals surface area contributed by atoms with E-state index < -0.39 is 0 Å². The van der Waals surface area contributed by atoms with Crippen molar-refractivity contribution in [1.29, 1.82) is 0 Å². The van der Waals surface area contributed by atoms with Crippen molar-refractivity contribution in [3.63, 3.8) is 0 Å². The van der Waals surface area contributed by atoms with Gasteiger partial charge in [-0.1, -0.05) is 11.3 Å². The largest absolute Gasteiger partial charge is 0.497 e. The number of thiazole rings is 1. The first-order chi connectivity index (χ1) is 13.1. The van der Waals surface area contributed by atoms with E-state index in [4.69, 9.17) is 9.47 Å². The average Bonchev–Trinajstić information content (AvgIpc) is 3.22. The number of ether oxygens (including phenoxy) is 2. The molecule has 136 valence electrons. The molecule has 2 aromatic heterocycles. The molecule has 0 saturated carbocycles. The molecule has 0 aliphatic heterocycles. The van der Waals surface area contributed by atoms with Crippen LogP contribution in [0.4, 0.5) is 4.39 Å². The van der Waals surface area contributed by atoms with E-state index in [1.165, 1.54) is 28.0 Å². The summed E-state index contributed by atoms with van der Waals surface area (Å²) in [6.45, 7) is 0. The zero-order chi connectivity index (χ0) is 19.0. The number of benzene rings is 2. The minimum atomic E-state index is -0.339. The Bertz CT molecular complexity index is 1230. The van der Waals surface area contributed by atoms with Gasteiger partial charge in [-0.2, -0.15) is 9.50 Å². The number of halogens is 1. The van der Waals surface area contributed by atoms with Crippen LogP contribution in [-0.2, 0) is 0 Å². The van der Waals surface area contributed by atoms with E-state index >= 15 is 0 Å². The summed E-state index contributed by atoms with van der Waals surface area (Å²) < 4.78 is 25.4. The highest BCUT2D eigenvalue weighted by Gasteiger charge is 2.13. The molecule has 0 aliphatic rings. The third kappa shape index (κ3) is 3.15. The topological polar surface area (TPSA) is 65.7 Å². The quantitative estimate of drug-likeness (QED) is 0.542. The summed E-state index contributed by atoms with van der Waals surface area (Å²) in [4.78, 5) is 17.5. The summed E-state index contributed by atoms with van der Waals surface area (Å²) in [6.07, 6.45) is 1.72. The van der Waals surface area contributed by atoms with Crippen LogP contribution in [0, 0.1) is 5.82 Å². The van der Waals surface area contributed by atoms with Crippen LogP contribution >= 0.6 is 11.3 Å². The van der Waals surface area contributed by atoms with Crippen molar-refractivity contribution in [2.45, 2.75) is 0 Å². The van der Waals surface area contributed by atoms with Crippen molar-refractivity contribution < 1.29 is 13.9 Å². The number of aromatic nitrogens is 3. The first kappa shape index (κ1) is 17.2. The SMILES string of the molecule is COc1ccc(OC)c(/C=c2/sc3nc(-c4ccc(F)cc4)nn3c2=O)c1. The molecular formula is C19H14FN3O3S. The Balaban J connectivity index is 1.81. The summed E-state index contributed by atoms with van der Waals surface area (Å²) in [5, 5.41) is 4.26. The van der Waals surface area contributed by atoms with E-state index in [1.54, 1.807) is 50.6 Å². The van der Waals surface area contributed by atoms with Crippen LogP contribution in [0.15, 0.2) is 47.3 Å². The molecule has 0 aliphatic carbocycles. The van der Waals surface area contributed by atoms with Gasteiger partial charge < -0.3 is 9.47 Å². The Hall–Kier alpha value is -3.26. The number of nitrogens with zero attached hydrogens (tertiary/aromatic N) is 3. The van der Waals surface area contributed by atoms with E-state index in [-0.39, 0.29) is 11.4 Å². The molecule has 27 heavy (non-hydrogen) atoms. The predicted octanol–water partition coefficient (Wildman–Crippen LogP) is 2.52. The zero-order valence-corrected chi connectivity index (χ0v) is 15.3. The Kier molecular flexibility index (Phi) is 4.33. The maximum Gasteiger partial charge on any atom is 0.291 e. The fourth-order valence-corrected chi connectivity index (χ4v) is 3.55. The molecule has 0 N–H and O–H groups in total. The molecule has 0 amide bonds. The van der Waals surface area contributed by atoms with Gasteiger partial charge in [0.15, 0.2) is 5.82 Å². The minimum absolute atomic E-state index is 0.277. The highest BCUT2D eigenvalue weighted by Crippen LogP contribution is 2.24. The molecule has 2 heterocycles. The first-order valence-corrected chi connectivity index (χ1v) is 8.80. The van der Waals surface area contributed by atoms with Crippen molar-refractivity contribution in [2.75, 3.05) is 14.2 Å². The maximum absolute atomic E-state index is 13.1. The zero-order valence-electron chi connectivity index (χ0n) is 14.5. The molecule has 4 rings (SSSR count). The Morgan fingerprint density at radius 2 is 1.89 bits per heavy atom. The second kappa shape index (κ2) is 6.81. The lowest BCUT2D eigenvalue weighted by atomic mass is 10.2. The van der Waals surface area contributed by atoms with Gasteiger partial charge >= 0.3 is 0 Å². The Morgan fingerprint density at radius 3 is 2.56 bits per heavy atom. The molecule has 8 heteroatoms. The van der Waals surface area contributed by atoms with Gasteiger partial charge in [0, 0.05) is 11.1 Å². The number of fused-ring (bicyclic) bond motifs is 1. The normalized spacial score (nSPS) is 11.9. The van der Waals surface area contributed by atoms with E-state index in [2.05, 4.69) is 10.1 Å². The minimum Gasteiger partial charge on any atom is -0.497 e. The molecule has 4 aromatic rings. The average molecular weight is 383 g/mol. The maximum atomic E-state index is 13.1. The number of rotatable bonds is 4. The lowest BCUT2D eigenvalue weighted by molar-refractivity contribution is 0.402. The summed E-state index contributed by atoms with van der Waals surface area (Å²) in [5.41, 5.74) is 1.09. The van der Waals surface area contributed by atoms with E-state index in [1.807, 2.05) is 0 Å². The van der Waals surface area contributed by atoms with Crippen LogP contribution in [0.25, 0.3) is 22.4 Å². The number of hydrogen-bond acceptors (Lipinski definition) is 6. The molecular weight excluding hydrogens is 369 g/mol. The molecule has 0 unspecified atom stereocenters. The van der Waals surface area contributed by atoms with Gasteiger partial charge in [0.1, 0.15) is 17.3 Å². The van der Waals surface area contributed by atoms with E-state index in [0.717, 1.165) is 5.56 Å². The van der Waals surface area contributed by atoms with E-state index in [9.17, 15) is 9.18 Å². The lowest BCUT2D eigenvalue weighted by Crippen LogP contribution is -2.23. The van der Waals surface area contributed by atoms with Crippen LogP contribution in [0.1, 0.15) is 5.56 Å². The Labute approximate surface area is 157 Å². The van der Waals surface area contributed by atoms with E-state index in [0.29, 0.717) is 32.4 Å².